The molecule has 2 unspecified atom stereocenters. The maximum atomic E-state index is 6.33. The molecule has 1 saturated heterocycles. The van der Waals surface area contributed by atoms with E-state index in [1.165, 1.54) is 37.1 Å². The average molecular weight is 202 g/mol. The molecule has 2 atom stereocenters. The zero-order valence-electron chi connectivity index (χ0n) is 9.02. The van der Waals surface area contributed by atoms with Gasteiger partial charge in [-0.3, -0.25) is 4.90 Å². The lowest BCUT2D eigenvalue weighted by molar-refractivity contribution is 0.223. The first kappa shape index (κ1) is 9.37. The van der Waals surface area contributed by atoms with E-state index < -0.39 is 0 Å². The topological polar surface area (TPSA) is 29.3 Å². The molecule has 0 saturated carbocycles. The monoisotopic (exact) mass is 202 g/mol. The minimum atomic E-state index is 0.235. The fraction of sp³-hybridized carbons (Fsp3) is 0.538. The minimum absolute atomic E-state index is 0.235. The van der Waals surface area contributed by atoms with Crippen LogP contribution in [0, 0.1) is 0 Å². The lowest BCUT2D eigenvalue weighted by Crippen LogP contribution is -2.39. The minimum Gasteiger partial charge on any atom is -0.323 e. The smallest absolute Gasteiger partial charge is 0.0459 e. The van der Waals surface area contributed by atoms with Crippen LogP contribution in [0.4, 0.5) is 0 Å². The number of hydrogen-bond donors (Lipinski definition) is 1. The van der Waals surface area contributed by atoms with Crippen LogP contribution in [-0.2, 0) is 6.42 Å². The highest BCUT2D eigenvalue weighted by Crippen LogP contribution is 2.33. The van der Waals surface area contributed by atoms with E-state index in [0.29, 0.717) is 6.04 Å². The lowest BCUT2D eigenvalue weighted by atomic mass is 10.1. The first-order chi connectivity index (χ1) is 7.36. The van der Waals surface area contributed by atoms with Crippen molar-refractivity contribution in [3.63, 3.8) is 0 Å². The highest BCUT2D eigenvalue weighted by Gasteiger charge is 2.34. The molecule has 0 amide bonds. The van der Waals surface area contributed by atoms with Gasteiger partial charge in [-0.1, -0.05) is 24.3 Å². The molecule has 2 N–H and O–H groups in total. The van der Waals surface area contributed by atoms with Gasteiger partial charge in [0.2, 0.25) is 0 Å². The molecule has 0 bridgehead atoms. The van der Waals surface area contributed by atoms with Gasteiger partial charge in [0.1, 0.15) is 0 Å². The van der Waals surface area contributed by atoms with Gasteiger partial charge in [0.25, 0.3) is 0 Å². The molecule has 1 aliphatic heterocycles. The number of benzene rings is 1. The molecule has 0 aromatic heterocycles. The second-order valence-corrected chi connectivity index (χ2v) is 4.74. The summed E-state index contributed by atoms with van der Waals surface area (Å²) in [6.45, 7) is 2.48. The summed E-state index contributed by atoms with van der Waals surface area (Å²) in [6.07, 6.45) is 3.84. The van der Waals surface area contributed by atoms with Gasteiger partial charge >= 0.3 is 0 Å². The zero-order chi connectivity index (χ0) is 10.3. The van der Waals surface area contributed by atoms with Crippen LogP contribution >= 0.6 is 0 Å². The first-order valence-electron chi connectivity index (χ1n) is 5.94. The van der Waals surface area contributed by atoms with Gasteiger partial charge in [0, 0.05) is 12.1 Å². The number of rotatable bonds is 1. The van der Waals surface area contributed by atoms with Crippen LogP contribution in [-0.4, -0.2) is 24.0 Å². The molecule has 1 aromatic rings. The van der Waals surface area contributed by atoms with E-state index >= 15 is 0 Å². The Labute approximate surface area is 91.1 Å². The molecule has 0 spiro atoms. The summed E-state index contributed by atoms with van der Waals surface area (Å²) in [5, 5.41) is 0. The molecule has 1 aliphatic carbocycles. The Morgan fingerprint density at radius 3 is 2.60 bits per heavy atom. The van der Waals surface area contributed by atoms with Crippen molar-refractivity contribution in [1.29, 1.82) is 0 Å². The van der Waals surface area contributed by atoms with E-state index in [1.807, 2.05) is 0 Å². The van der Waals surface area contributed by atoms with Crippen LogP contribution in [0.3, 0.4) is 0 Å². The highest BCUT2D eigenvalue weighted by molar-refractivity contribution is 5.36. The van der Waals surface area contributed by atoms with Crippen LogP contribution in [0.5, 0.6) is 0 Å². The van der Waals surface area contributed by atoms with Crippen LogP contribution in [0.15, 0.2) is 24.3 Å². The number of nitrogens with two attached hydrogens (primary N) is 1. The summed E-state index contributed by atoms with van der Waals surface area (Å²) in [4.78, 5) is 2.57. The quantitative estimate of drug-likeness (QED) is 0.751. The summed E-state index contributed by atoms with van der Waals surface area (Å²) >= 11 is 0. The Hall–Kier alpha value is -0.860. The van der Waals surface area contributed by atoms with E-state index in [0.717, 1.165) is 6.42 Å². The second kappa shape index (κ2) is 3.62. The van der Waals surface area contributed by atoms with Crippen molar-refractivity contribution in [2.24, 2.45) is 5.73 Å². The van der Waals surface area contributed by atoms with Crippen molar-refractivity contribution < 1.29 is 0 Å². The summed E-state index contributed by atoms with van der Waals surface area (Å²) in [5.41, 5.74) is 9.16. The van der Waals surface area contributed by atoms with Gasteiger partial charge < -0.3 is 5.73 Å². The molecule has 1 fully saturated rings. The largest absolute Gasteiger partial charge is 0.323 e. The Bertz CT molecular complexity index is 355. The second-order valence-electron chi connectivity index (χ2n) is 4.74. The predicted molar refractivity (Wildman–Crippen MR) is 61.7 cm³/mol. The van der Waals surface area contributed by atoms with Gasteiger partial charge in [-0.05, 0) is 43.5 Å². The number of nitrogens with zero attached hydrogens (tertiary/aromatic N) is 1. The van der Waals surface area contributed by atoms with E-state index in [1.54, 1.807) is 0 Å². The third kappa shape index (κ3) is 1.48. The molecule has 2 nitrogen and oxygen atoms in total. The van der Waals surface area contributed by atoms with Crippen molar-refractivity contribution in [3.8, 4) is 0 Å². The summed E-state index contributed by atoms with van der Waals surface area (Å²) in [7, 11) is 0. The Morgan fingerprint density at radius 2 is 1.87 bits per heavy atom. The van der Waals surface area contributed by atoms with Gasteiger partial charge in [-0.2, -0.15) is 0 Å². The number of likely N-dealkylation sites (tertiary alicyclic amines) is 1. The molecule has 0 radical (unpaired) electrons. The predicted octanol–water partition coefficient (Wildman–Crippen LogP) is 1.71. The maximum absolute atomic E-state index is 6.33. The van der Waals surface area contributed by atoms with Gasteiger partial charge in [0.05, 0.1) is 0 Å². The Kier molecular flexibility index (Phi) is 2.26. The SMILES string of the molecule is NC1c2ccccc2CC1N1CCCC1. The highest BCUT2D eigenvalue weighted by atomic mass is 15.2. The van der Waals surface area contributed by atoms with Gasteiger partial charge in [-0.25, -0.2) is 0 Å². The fourth-order valence-electron chi connectivity index (χ4n) is 3.03. The third-order valence-corrected chi connectivity index (χ3v) is 3.87. The van der Waals surface area contributed by atoms with Gasteiger partial charge in [-0.15, -0.1) is 0 Å². The standard InChI is InChI=1S/C13H18N2/c14-13-11-6-2-1-5-10(11)9-12(13)15-7-3-4-8-15/h1-2,5-6,12-13H,3-4,7-9,14H2. The summed E-state index contributed by atoms with van der Waals surface area (Å²) in [6, 6.07) is 9.44. The molecule has 2 heteroatoms. The molecular weight excluding hydrogens is 184 g/mol. The van der Waals surface area contributed by atoms with E-state index in [-0.39, 0.29) is 6.04 Å². The van der Waals surface area contributed by atoms with Crippen molar-refractivity contribution in [2.45, 2.75) is 31.3 Å². The van der Waals surface area contributed by atoms with Crippen LogP contribution < -0.4 is 5.73 Å². The molecule has 80 valence electrons. The van der Waals surface area contributed by atoms with Crippen LogP contribution in [0.2, 0.25) is 0 Å². The number of fused-ring (bicyclic) bond motifs is 1. The van der Waals surface area contributed by atoms with Gasteiger partial charge in [0.15, 0.2) is 0 Å². The Balaban J connectivity index is 1.86. The molecule has 1 aromatic carbocycles. The molecular formula is C13H18N2. The zero-order valence-corrected chi connectivity index (χ0v) is 9.02. The summed E-state index contributed by atoms with van der Waals surface area (Å²) in [5.74, 6) is 0. The van der Waals surface area contributed by atoms with Crippen molar-refractivity contribution >= 4 is 0 Å². The molecule has 1 heterocycles. The van der Waals surface area contributed by atoms with Crippen LogP contribution in [0.25, 0.3) is 0 Å². The van der Waals surface area contributed by atoms with E-state index in [9.17, 15) is 0 Å². The molecule has 2 aliphatic rings. The molecule has 3 rings (SSSR count). The fourth-order valence-corrected chi connectivity index (χ4v) is 3.03. The first-order valence-corrected chi connectivity index (χ1v) is 5.94. The van der Waals surface area contributed by atoms with Crippen molar-refractivity contribution in [3.05, 3.63) is 35.4 Å². The van der Waals surface area contributed by atoms with Crippen LogP contribution in [0.1, 0.15) is 30.0 Å². The Morgan fingerprint density at radius 1 is 1.13 bits per heavy atom. The normalized spacial score (nSPS) is 30.7. The molecule has 15 heavy (non-hydrogen) atoms. The third-order valence-electron chi connectivity index (χ3n) is 3.87. The van der Waals surface area contributed by atoms with E-state index in [2.05, 4.69) is 29.2 Å². The maximum Gasteiger partial charge on any atom is 0.0459 e. The van der Waals surface area contributed by atoms with E-state index in [4.69, 9.17) is 5.73 Å². The van der Waals surface area contributed by atoms with Crippen molar-refractivity contribution in [1.82, 2.24) is 4.90 Å². The summed E-state index contributed by atoms with van der Waals surface area (Å²) < 4.78 is 0. The number of hydrogen-bond acceptors (Lipinski definition) is 2. The lowest BCUT2D eigenvalue weighted by Gasteiger charge is -2.27. The average Bonchev–Trinajstić information content (AvgIpc) is 2.87. The van der Waals surface area contributed by atoms with Crippen molar-refractivity contribution in [2.75, 3.05) is 13.1 Å².